The van der Waals surface area contributed by atoms with Crippen LogP contribution in [0, 0.1) is 0 Å². The topological polar surface area (TPSA) is 87.8 Å². The predicted molar refractivity (Wildman–Crippen MR) is 88.8 cm³/mol. The van der Waals surface area contributed by atoms with Crippen molar-refractivity contribution in [2.75, 3.05) is 25.1 Å². The molecule has 2 atom stereocenters. The average molecular weight is 337 g/mol. The maximum atomic E-state index is 12.7. The second kappa shape index (κ2) is 6.82. The highest BCUT2D eigenvalue weighted by atomic mass is 16.5. The maximum Gasteiger partial charge on any atom is 0.244 e. The Hall–Kier alpha value is -1.44. The lowest BCUT2D eigenvalue weighted by Crippen LogP contribution is -2.47. The molecule has 2 aliphatic heterocycles. The van der Waals surface area contributed by atoms with Crippen molar-refractivity contribution >= 4 is 11.8 Å². The summed E-state index contributed by atoms with van der Waals surface area (Å²) in [5, 5.41) is 16.9. The lowest BCUT2D eigenvalue weighted by atomic mass is 9.92. The van der Waals surface area contributed by atoms with E-state index in [0.29, 0.717) is 32.1 Å². The molecule has 0 spiro atoms. The first kappa shape index (κ1) is 17.4. The van der Waals surface area contributed by atoms with Crippen LogP contribution in [0.2, 0.25) is 0 Å². The van der Waals surface area contributed by atoms with Crippen LogP contribution in [0.4, 0.5) is 5.88 Å². The van der Waals surface area contributed by atoms with Gasteiger partial charge in [-0.2, -0.15) is 0 Å². The Kier molecular flexibility index (Phi) is 4.94. The highest BCUT2D eigenvalue weighted by molar-refractivity contribution is 5.94. The molecule has 7 heteroatoms. The summed E-state index contributed by atoms with van der Waals surface area (Å²) in [4.78, 5) is 14.8. The van der Waals surface area contributed by atoms with E-state index in [1.165, 1.54) is 0 Å². The van der Waals surface area contributed by atoms with Crippen LogP contribution in [-0.2, 0) is 14.9 Å². The summed E-state index contributed by atoms with van der Waals surface area (Å²) >= 11 is 0. The Labute approximate surface area is 142 Å². The Bertz CT molecular complexity index is 575. The molecule has 0 aromatic carbocycles. The molecule has 0 bridgehead atoms. The first-order valence-corrected chi connectivity index (χ1v) is 8.64. The van der Waals surface area contributed by atoms with Gasteiger partial charge in [-0.25, -0.2) is 0 Å². The molecule has 3 heterocycles. The summed E-state index contributed by atoms with van der Waals surface area (Å²) in [5.41, 5.74) is 0.662. The van der Waals surface area contributed by atoms with Crippen LogP contribution < -0.4 is 5.32 Å². The Morgan fingerprint density at radius 3 is 2.71 bits per heavy atom. The smallest absolute Gasteiger partial charge is 0.244 e. The first-order valence-electron chi connectivity index (χ1n) is 8.64. The molecular formula is C17H27N3O4. The summed E-state index contributed by atoms with van der Waals surface area (Å²) in [6, 6.07) is 1.71. The zero-order chi connectivity index (χ0) is 17.3. The zero-order valence-corrected chi connectivity index (χ0v) is 14.6. The predicted octanol–water partition coefficient (Wildman–Crippen LogP) is 1.52. The molecular weight excluding hydrogens is 310 g/mol. The third kappa shape index (κ3) is 3.79. The van der Waals surface area contributed by atoms with Gasteiger partial charge in [-0.3, -0.25) is 15.0 Å². The van der Waals surface area contributed by atoms with Crippen LogP contribution in [0.25, 0.3) is 0 Å². The van der Waals surface area contributed by atoms with Gasteiger partial charge < -0.3 is 14.4 Å². The van der Waals surface area contributed by atoms with Gasteiger partial charge in [0.05, 0.1) is 17.8 Å². The van der Waals surface area contributed by atoms with Gasteiger partial charge in [0.15, 0.2) is 0 Å². The third-order valence-corrected chi connectivity index (χ3v) is 4.80. The minimum atomic E-state index is -0.469. The third-order valence-electron chi connectivity index (χ3n) is 4.80. The number of carbonyl (C=O) groups is 1. The number of likely N-dealkylation sites (tertiary alicyclic amines) is 1. The molecule has 7 nitrogen and oxygen atoms in total. The van der Waals surface area contributed by atoms with E-state index in [2.05, 4.69) is 15.4 Å². The van der Waals surface area contributed by atoms with Crippen LogP contribution in [0.15, 0.2) is 10.6 Å². The van der Waals surface area contributed by atoms with Gasteiger partial charge in [-0.15, -0.1) is 0 Å². The summed E-state index contributed by atoms with van der Waals surface area (Å²) < 4.78 is 10.6. The normalized spacial score (nSPS) is 26.7. The second-order valence-corrected chi connectivity index (χ2v) is 7.76. The van der Waals surface area contributed by atoms with E-state index in [9.17, 15) is 9.90 Å². The van der Waals surface area contributed by atoms with Crippen LogP contribution in [0.3, 0.4) is 0 Å². The van der Waals surface area contributed by atoms with Crippen molar-refractivity contribution in [2.45, 2.75) is 63.6 Å². The number of hydrogen-bond acceptors (Lipinski definition) is 6. The van der Waals surface area contributed by atoms with Crippen molar-refractivity contribution in [3.8, 4) is 0 Å². The summed E-state index contributed by atoms with van der Waals surface area (Å²) in [6.45, 7) is 8.07. The molecule has 2 fully saturated rings. The lowest BCUT2D eigenvalue weighted by molar-refractivity contribution is -0.121. The van der Waals surface area contributed by atoms with Gasteiger partial charge in [-0.05, 0) is 19.3 Å². The summed E-state index contributed by atoms with van der Waals surface area (Å²) in [5.74, 6) is 0.216. The van der Waals surface area contributed by atoms with Crippen LogP contribution in [0.5, 0.6) is 0 Å². The summed E-state index contributed by atoms with van der Waals surface area (Å²) in [6.07, 6.45) is 1.77. The molecule has 1 aromatic rings. The van der Waals surface area contributed by atoms with Crippen molar-refractivity contribution in [2.24, 2.45) is 0 Å². The number of β-amino-alcohol motifs (C(OH)–C–C–N with tert-alkyl or cyclic N) is 1. The Morgan fingerprint density at radius 1 is 1.38 bits per heavy atom. The standard InChI is InChI=1S/C17H27N3O4/c1-17(2,3)14-9-15(24-19-14)18-16(22)13-8-12(21)10-20(13)11-4-6-23-7-5-11/h9,11-13,21H,4-8,10H2,1-3H3,(H,18,22)/t12-,13-/m0/s1. The Balaban J connectivity index is 1.67. The molecule has 134 valence electrons. The molecule has 0 radical (unpaired) electrons. The molecule has 2 N–H and O–H groups in total. The lowest BCUT2D eigenvalue weighted by Gasteiger charge is -2.34. The minimum absolute atomic E-state index is 0.135. The fourth-order valence-electron chi connectivity index (χ4n) is 3.41. The molecule has 2 aliphatic rings. The maximum absolute atomic E-state index is 12.7. The van der Waals surface area contributed by atoms with E-state index in [1.807, 2.05) is 20.8 Å². The number of ether oxygens (including phenoxy) is 1. The van der Waals surface area contributed by atoms with Gasteiger partial charge in [0, 0.05) is 37.3 Å². The molecule has 0 unspecified atom stereocenters. The first-order chi connectivity index (χ1) is 11.3. The molecule has 3 rings (SSSR count). The van der Waals surface area contributed by atoms with Crippen molar-refractivity contribution in [3.63, 3.8) is 0 Å². The second-order valence-electron chi connectivity index (χ2n) is 7.76. The Morgan fingerprint density at radius 2 is 2.08 bits per heavy atom. The summed E-state index contributed by atoms with van der Waals surface area (Å²) in [7, 11) is 0. The number of amides is 1. The molecule has 0 aliphatic carbocycles. The van der Waals surface area contributed by atoms with Crippen molar-refractivity contribution in [1.82, 2.24) is 10.1 Å². The largest absolute Gasteiger partial charge is 0.392 e. The minimum Gasteiger partial charge on any atom is -0.392 e. The highest BCUT2D eigenvalue weighted by Gasteiger charge is 2.40. The van der Waals surface area contributed by atoms with Gasteiger partial charge in [0.25, 0.3) is 0 Å². The fraction of sp³-hybridized carbons (Fsp3) is 0.765. The number of aromatic nitrogens is 1. The van der Waals surface area contributed by atoms with E-state index < -0.39 is 6.10 Å². The molecule has 2 saturated heterocycles. The molecule has 24 heavy (non-hydrogen) atoms. The SMILES string of the molecule is CC(C)(C)c1cc(NC(=O)[C@@H]2C[C@H](O)CN2C2CCOCC2)on1. The van der Waals surface area contributed by atoms with E-state index in [1.54, 1.807) is 6.07 Å². The van der Waals surface area contributed by atoms with Crippen LogP contribution in [0.1, 0.15) is 45.7 Å². The monoisotopic (exact) mass is 337 g/mol. The van der Waals surface area contributed by atoms with Crippen LogP contribution in [-0.4, -0.2) is 59.0 Å². The van der Waals surface area contributed by atoms with Gasteiger partial charge >= 0.3 is 0 Å². The van der Waals surface area contributed by atoms with E-state index in [0.717, 1.165) is 18.5 Å². The van der Waals surface area contributed by atoms with Crippen LogP contribution >= 0.6 is 0 Å². The average Bonchev–Trinajstić information content (AvgIpc) is 3.14. The number of rotatable bonds is 3. The fourth-order valence-corrected chi connectivity index (χ4v) is 3.41. The number of aliphatic hydroxyl groups is 1. The molecule has 1 amide bonds. The number of hydrogen-bond donors (Lipinski definition) is 2. The number of anilines is 1. The van der Waals surface area contributed by atoms with Crippen molar-refractivity contribution in [3.05, 3.63) is 11.8 Å². The number of aliphatic hydroxyl groups excluding tert-OH is 1. The van der Waals surface area contributed by atoms with Crippen molar-refractivity contribution < 1.29 is 19.2 Å². The van der Waals surface area contributed by atoms with E-state index >= 15 is 0 Å². The molecule has 1 aromatic heterocycles. The van der Waals surface area contributed by atoms with Crippen molar-refractivity contribution in [1.29, 1.82) is 0 Å². The van der Waals surface area contributed by atoms with E-state index in [4.69, 9.17) is 9.26 Å². The number of nitrogens with one attached hydrogen (secondary N) is 1. The number of carbonyl (C=O) groups excluding carboxylic acids is 1. The zero-order valence-electron chi connectivity index (χ0n) is 14.6. The van der Waals surface area contributed by atoms with E-state index in [-0.39, 0.29) is 23.4 Å². The van der Waals surface area contributed by atoms with Gasteiger partial charge in [-0.1, -0.05) is 25.9 Å². The number of nitrogens with zero attached hydrogens (tertiary/aromatic N) is 2. The van der Waals surface area contributed by atoms with Gasteiger partial charge in [0.1, 0.15) is 0 Å². The highest BCUT2D eigenvalue weighted by Crippen LogP contribution is 2.28. The quantitative estimate of drug-likeness (QED) is 0.869. The van der Waals surface area contributed by atoms with Gasteiger partial charge in [0.2, 0.25) is 11.8 Å². The molecule has 0 saturated carbocycles.